The van der Waals surface area contributed by atoms with Crippen molar-refractivity contribution < 1.29 is 10.2 Å². The first-order valence-electron chi connectivity index (χ1n) is 6.52. The van der Waals surface area contributed by atoms with Crippen molar-refractivity contribution in [3.05, 3.63) is 74.6 Å². The van der Waals surface area contributed by atoms with Crippen LogP contribution in [-0.4, -0.2) is 35.1 Å². The van der Waals surface area contributed by atoms with Crippen LogP contribution in [0.25, 0.3) is 0 Å². The van der Waals surface area contributed by atoms with Crippen LogP contribution in [0.15, 0.2) is 46.8 Å². The predicted molar refractivity (Wildman–Crippen MR) is 78.2 cm³/mol. The van der Waals surface area contributed by atoms with Crippen LogP contribution >= 0.6 is 0 Å². The van der Waals surface area contributed by atoms with E-state index in [2.05, 4.69) is 24.9 Å². The maximum absolute atomic E-state index is 12.2. The van der Waals surface area contributed by atoms with Gasteiger partial charge in [0.2, 0.25) is 11.8 Å². The number of nitrogens with zero attached hydrogens (tertiary/aromatic N) is 3. The molecule has 0 radical (unpaired) electrons. The zero-order chi connectivity index (χ0) is 16.4. The summed E-state index contributed by atoms with van der Waals surface area (Å²) in [4.78, 5) is 40.2. The second-order valence-corrected chi connectivity index (χ2v) is 4.66. The van der Waals surface area contributed by atoms with Gasteiger partial charge in [0, 0.05) is 12.4 Å². The molecule has 3 aromatic rings. The van der Waals surface area contributed by atoms with Crippen LogP contribution in [0, 0.1) is 0 Å². The lowest BCUT2D eigenvalue weighted by atomic mass is 9.88. The average Bonchev–Trinajstić information content (AvgIpc) is 2.53. The SMILES string of the molecule is O=c1[nH]cnc(O)c1C(c1cccnc1)c1c(O)nc[nH]c1=O. The highest BCUT2D eigenvalue weighted by Gasteiger charge is 2.29. The fourth-order valence-electron chi connectivity index (χ4n) is 2.35. The van der Waals surface area contributed by atoms with E-state index in [1.54, 1.807) is 12.1 Å². The second-order valence-electron chi connectivity index (χ2n) is 4.66. The molecule has 0 fully saturated rings. The van der Waals surface area contributed by atoms with Crippen molar-refractivity contribution in [2.75, 3.05) is 0 Å². The molecule has 0 bridgehead atoms. The molecule has 3 rings (SSSR count). The highest BCUT2D eigenvalue weighted by molar-refractivity contribution is 5.46. The van der Waals surface area contributed by atoms with Crippen LogP contribution in [0.5, 0.6) is 11.8 Å². The van der Waals surface area contributed by atoms with Gasteiger partial charge in [-0.2, -0.15) is 0 Å². The minimum atomic E-state index is -1.08. The van der Waals surface area contributed by atoms with Gasteiger partial charge in [0.15, 0.2) is 0 Å². The molecule has 0 saturated carbocycles. The Morgan fingerprint density at radius 3 is 1.96 bits per heavy atom. The molecule has 3 heterocycles. The zero-order valence-corrected chi connectivity index (χ0v) is 11.6. The standard InChI is InChI=1S/C14H11N5O4/c20-11-9(12(21)17-5-16-11)8(7-2-1-3-15-4-7)10-13(22)18-6-19-14(10)23/h1-6,8H,(H2,16,17,20,21)(H2,18,19,22,23). The van der Waals surface area contributed by atoms with Crippen molar-refractivity contribution >= 4 is 0 Å². The Hall–Kier alpha value is -3.49. The Morgan fingerprint density at radius 2 is 1.52 bits per heavy atom. The second kappa shape index (κ2) is 5.72. The predicted octanol–water partition coefficient (Wildman–Crippen LogP) is -0.160. The molecule has 0 amide bonds. The molecule has 4 N–H and O–H groups in total. The third-order valence-electron chi connectivity index (χ3n) is 3.33. The largest absolute Gasteiger partial charge is 0.493 e. The molecule has 9 heteroatoms. The first kappa shape index (κ1) is 14.4. The summed E-state index contributed by atoms with van der Waals surface area (Å²) in [7, 11) is 0. The molecule has 0 aliphatic rings. The van der Waals surface area contributed by atoms with Crippen molar-refractivity contribution in [3.63, 3.8) is 0 Å². The summed E-state index contributed by atoms with van der Waals surface area (Å²) in [6.07, 6.45) is 5.01. The van der Waals surface area contributed by atoms with Gasteiger partial charge >= 0.3 is 0 Å². The minimum absolute atomic E-state index is 0.186. The minimum Gasteiger partial charge on any atom is -0.493 e. The van der Waals surface area contributed by atoms with Gasteiger partial charge in [-0.1, -0.05) is 6.07 Å². The van der Waals surface area contributed by atoms with E-state index in [9.17, 15) is 19.8 Å². The summed E-state index contributed by atoms with van der Waals surface area (Å²) < 4.78 is 0. The normalized spacial score (nSPS) is 10.8. The third-order valence-corrected chi connectivity index (χ3v) is 3.33. The topological polar surface area (TPSA) is 145 Å². The Kier molecular flexibility index (Phi) is 3.59. The van der Waals surface area contributed by atoms with Gasteiger partial charge in [-0.05, 0) is 11.6 Å². The molecule has 3 aromatic heterocycles. The van der Waals surface area contributed by atoms with E-state index in [4.69, 9.17) is 0 Å². The van der Waals surface area contributed by atoms with Gasteiger partial charge in [-0.3, -0.25) is 14.6 Å². The lowest BCUT2D eigenvalue weighted by Gasteiger charge is -2.17. The highest BCUT2D eigenvalue weighted by Crippen LogP contribution is 2.34. The Labute approximate surface area is 128 Å². The fourth-order valence-corrected chi connectivity index (χ4v) is 2.35. The molecule has 0 aromatic carbocycles. The van der Waals surface area contributed by atoms with Gasteiger partial charge < -0.3 is 20.2 Å². The number of hydrogen-bond acceptors (Lipinski definition) is 7. The van der Waals surface area contributed by atoms with Crippen molar-refractivity contribution in [1.29, 1.82) is 0 Å². The number of pyridine rings is 1. The van der Waals surface area contributed by atoms with E-state index in [1.165, 1.54) is 12.4 Å². The van der Waals surface area contributed by atoms with Gasteiger partial charge in [-0.25, -0.2) is 9.97 Å². The van der Waals surface area contributed by atoms with Crippen LogP contribution in [0.2, 0.25) is 0 Å². The monoisotopic (exact) mass is 313 g/mol. The molecule has 0 atom stereocenters. The van der Waals surface area contributed by atoms with Crippen molar-refractivity contribution in [3.8, 4) is 11.8 Å². The number of aromatic amines is 2. The number of hydrogen-bond donors (Lipinski definition) is 4. The van der Waals surface area contributed by atoms with Crippen LogP contribution in [0.1, 0.15) is 22.6 Å². The summed E-state index contributed by atoms with van der Waals surface area (Å²) in [6, 6.07) is 3.21. The number of nitrogens with one attached hydrogen (secondary N) is 2. The van der Waals surface area contributed by atoms with Crippen LogP contribution in [0.3, 0.4) is 0 Å². The lowest BCUT2D eigenvalue weighted by Crippen LogP contribution is -2.24. The van der Waals surface area contributed by atoms with Crippen molar-refractivity contribution in [2.45, 2.75) is 5.92 Å². The first-order chi connectivity index (χ1) is 11.1. The van der Waals surface area contributed by atoms with Gasteiger partial charge in [0.25, 0.3) is 11.1 Å². The molecule has 23 heavy (non-hydrogen) atoms. The smallest absolute Gasteiger partial charge is 0.258 e. The maximum atomic E-state index is 12.2. The first-order valence-corrected chi connectivity index (χ1v) is 6.52. The lowest BCUT2D eigenvalue weighted by molar-refractivity contribution is 0.432. The highest BCUT2D eigenvalue weighted by atomic mass is 16.3. The summed E-state index contributed by atoms with van der Waals surface area (Å²) >= 11 is 0. The molecule has 0 aliphatic heterocycles. The average molecular weight is 313 g/mol. The summed E-state index contributed by atoms with van der Waals surface area (Å²) in [5.41, 5.74) is -1.25. The van der Waals surface area contributed by atoms with Crippen molar-refractivity contribution in [1.82, 2.24) is 24.9 Å². The van der Waals surface area contributed by atoms with E-state index >= 15 is 0 Å². The zero-order valence-electron chi connectivity index (χ0n) is 11.6. The van der Waals surface area contributed by atoms with E-state index in [-0.39, 0.29) is 11.1 Å². The Balaban J connectivity index is 2.37. The third kappa shape index (κ3) is 2.55. The molecule has 0 aliphatic carbocycles. The van der Waals surface area contributed by atoms with Crippen LogP contribution in [0.4, 0.5) is 0 Å². The molecular formula is C14H11N5O4. The summed E-state index contributed by atoms with van der Waals surface area (Å²) in [6.45, 7) is 0. The van der Waals surface area contributed by atoms with Crippen LogP contribution < -0.4 is 11.1 Å². The molecule has 9 nitrogen and oxygen atoms in total. The van der Waals surface area contributed by atoms with E-state index < -0.39 is 28.8 Å². The van der Waals surface area contributed by atoms with Crippen LogP contribution in [-0.2, 0) is 0 Å². The van der Waals surface area contributed by atoms with Gasteiger partial charge in [0.1, 0.15) is 0 Å². The van der Waals surface area contributed by atoms with E-state index in [1.807, 2.05) is 0 Å². The van der Waals surface area contributed by atoms with E-state index in [0.29, 0.717) is 5.56 Å². The molecule has 0 spiro atoms. The maximum Gasteiger partial charge on any atom is 0.258 e. The molecule has 116 valence electrons. The number of aromatic nitrogens is 5. The molecule has 0 unspecified atom stereocenters. The quantitative estimate of drug-likeness (QED) is 0.525. The van der Waals surface area contributed by atoms with Crippen molar-refractivity contribution in [2.24, 2.45) is 0 Å². The fraction of sp³-hybridized carbons (Fsp3) is 0.0714. The molecule has 0 saturated heterocycles. The summed E-state index contributed by atoms with van der Waals surface area (Å²) in [5.74, 6) is -2.19. The Bertz CT molecular complexity index is 892. The summed E-state index contributed by atoms with van der Waals surface area (Å²) in [5, 5.41) is 20.0. The molecular weight excluding hydrogens is 302 g/mol. The van der Waals surface area contributed by atoms with E-state index in [0.717, 1.165) is 12.7 Å². The number of rotatable bonds is 3. The number of H-pyrrole nitrogens is 2. The van der Waals surface area contributed by atoms with Gasteiger partial charge in [-0.15, -0.1) is 0 Å². The van der Waals surface area contributed by atoms with Gasteiger partial charge in [0.05, 0.1) is 29.7 Å². The number of aromatic hydroxyl groups is 2. The Morgan fingerprint density at radius 1 is 0.957 bits per heavy atom.